The van der Waals surface area contributed by atoms with Crippen LogP contribution in [-0.4, -0.2) is 43.3 Å². The van der Waals surface area contributed by atoms with Crippen LogP contribution in [0.25, 0.3) is 0 Å². The maximum atomic E-state index is 13.3. The first-order valence-corrected chi connectivity index (χ1v) is 8.10. The highest BCUT2D eigenvalue weighted by Gasteiger charge is 2.32. The van der Waals surface area contributed by atoms with Crippen molar-refractivity contribution in [1.82, 2.24) is 10.2 Å². The van der Waals surface area contributed by atoms with E-state index in [4.69, 9.17) is 4.74 Å². The average Bonchev–Trinajstić information content (AvgIpc) is 2.95. The van der Waals surface area contributed by atoms with Gasteiger partial charge in [-0.3, -0.25) is 4.90 Å². The Bertz CT molecular complexity index is 468. The normalized spacial score (nSPS) is 27.5. The first-order valence-electron chi connectivity index (χ1n) is 8.10. The molecule has 0 amide bonds. The number of nitrogens with zero attached hydrogens (tertiary/aromatic N) is 1. The predicted molar refractivity (Wildman–Crippen MR) is 81.8 cm³/mol. The Labute approximate surface area is 126 Å². The van der Waals surface area contributed by atoms with E-state index in [1.807, 2.05) is 6.07 Å². The highest BCUT2D eigenvalue weighted by atomic mass is 19.1. The summed E-state index contributed by atoms with van der Waals surface area (Å²) in [6.45, 7) is 6.06. The van der Waals surface area contributed by atoms with Gasteiger partial charge in [-0.15, -0.1) is 0 Å². The number of benzene rings is 1. The van der Waals surface area contributed by atoms with E-state index in [2.05, 4.69) is 17.1 Å². The van der Waals surface area contributed by atoms with E-state index in [0.717, 1.165) is 31.7 Å². The monoisotopic (exact) mass is 292 g/mol. The number of morpholine rings is 1. The van der Waals surface area contributed by atoms with Gasteiger partial charge in [-0.1, -0.05) is 19.1 Å². The van der Waals surface area contributed by atoms with Gasteiger partial charge >= 0.3 is 0 Å². The van der Waals surface area contributed by atoms with Crippen molar-refractivity contribution in [2.45, 2.75) is 44.4 Å². The van der Waals surface area contributed by atoms with Crippen molar-refractivity contribution >= 4 is 0 Å². The summed E-state index contributed by atoms with van der Waals surface area (Å²) in [6.07, 6.45) is 3.78. The lowest BCUT2D eigenvalue weighted by molar-refractivity contribution is -0.0479. The molecule has 2 saturated heterocycles. The molecule has 2 fully saturated rings. The van der Waals surface area contributed by atoms with Crippen molar-refractivity contribution in [2.75, 3.05) is 26.2 Å². The fraction of sp³-hybridized carbons (Fsp3) is 0.647. The van der Waals surface area contributed by atoms with Gasteiger partial charge in [-0.2, -0.15) is 0 Å². The van der Waals surface area contributed by atoms with E-state index in [1.54, 1.807) is 12.1 Å². The predicted octanol–water partition coefficient (Wildman–Crippen LogP) is 2.73. The maximum Gasteiger partial charge on any atom is 0.123 e. The van der Waals surface area contributed by atoms with Gasteiger partial charge in [0.1, 0.15) is 5.82 Å². The second kappa shape index (κ2) is 6.86. The highest BCUT2D eigenvalue weighted by Crippen LogP contribution is 2.23. The number of fused-ring (bicyclic) bond motifs is 1. The zero-order valence-corrected chi connectivity index (χ0v) is 12.7. The number of rotatable bonds is 5. The third kappa shape index (κ3) is 3.62. The maximum absolute atomic E-state index is 13.3. The Morgan fingerprint density at radius 1 is 1.48 bits per heavy atom. The lowest BCUT2D eigenvalue weighted by atomic mass is 10.0. The molecule has 2 heterocycles. The molecule has 0 bridgehead atoms. The molecule has 2 aliphatic heterocycles. The van der Waals surface area contributed by atoms with Crippen molar-refractivity contribution in [2.24, 2.45) is 0 Å². The minimum absolute atomic E-state index is 0.165. The summed E-state index contributed by atoms with van der Waals surface area (Å²) >= 11 is 0. The minimum Gasteiger partial charge on any atom is -0.374 e. The summed E-state index contributed by atoms with van der Waals surface area (Å²) in [6, 6.07) is 7.73. The fourth-order valence-electron chi connectivity index (χ4n) is 3.50. The molecule has 3 nitrogen and oxygen atoms in total. The Morgan fingerprint density at radius 2 is 2.38 bits per heavy atom. The summed E-state index contributed by atoms with van der Waals surface area (Å²) in [5.41, 5.74) is 1.02. The summed E-state index contributed by atoms with van der Waals surface area (Å²) < 4.78 is 19.3. The summed E-state index contributed by atoms with van der Waals surface area (Å²) in [5, 5.41) is 3.54. The first-order chi connectivity index (χ1) is 10.3. The number of hydrogen-bond donors (Lipinski definition) is 1. The van der Waals surface area contributed by atoms with Crippen LogP contribution in [0.5, 0.6) is 0 Å². The number of halogens is 1. The molecule has 3 atom stereocenters. The van der Waals surface area contributed by atoms with Crippen LogP contribution in [0.2, 0.25) is 0 Å². The minimum atomic E-state index is -0.165. The third-order valence-electron chi connectivity index (χ3n) is 4.71. The van der Waals surface area contributed by atoms with Gasteiger partial charge < -0.3 is 10.1 Å². The van der Waals surface area contributed by atoms with Crippen LogP contribution >= 0.6 is 0 Å². The Kier molecular flexibility index (Phi) is 4.88. The number of ether oxygens (including phenoxy) is 1. The lowest BCUT2D eigenvalue weighted by Gasteiger charge is -2.36. The van der Waals surface area contributed by atoms with Gasteiger partial charge in [0.05, 0.1) is 12.7 Å². The molecule has 0 saturated carbocycles. The van der Waals surface area contributed by atoms with Crippen LogP contribution in [-0.2, 0) is 4.74 Å². The van der Waals surface area contributed by atoms with Gasteiger partial charge in [0.2, 0.25) is 0 Å². The largest absolute Gasteiger partial charge is 0.374 e. The van der Waals surface area contributed by atoms with Gasteiger partial charge in [0, 0.05) is 25.2 Å². The summed E-state index contributed by atoms with van der Waals surface area (Å²) in [5.74, 6) is -0.165. The Balaban J connectivity index is 1.53. The molecule has 1 aromatic carbocycles. The molecule has 116 valence electrons. The molecule has 3 unspecified atom stereocenters. The van der Waals surface area contributed by atoms with E-state index in [1.165, 1.54) is 25.5 Å². The van der Waals surface area contributed by atoms with Crippen LogP contribution in [0.4, 0.5) is 4.39 Å². The second-order valence-corrected chi connectivity index (χ2v) is 6.17. The summed E-state index contributed by atoms with van der Waals surface area (Å²) in [4.78, 5) is 2.55. The molecule has 1 aromatic rings. The van der Waals surface area contributed by atoms with Gasteiger partial charge in [-0.25, -0.2) is 4.39 Å². The lowest BCUT2D eigenvalue weighted by Crippen LogP contribution is -2.49. The molecule has 3 rings (SSSR count). The molecule has 2 aliphatic rings. The van der Waals surface area contributed by atoms with Crippen LogP contribution < -0.4 is 5.32 Å². The molecule has 0 aromatic heterocycles. The topological polar surface area (TPSA) is 24.5 Å². The Morgan fingerprint density at radius 3 is 3.19 bits per heavy atom. The fourth-order valence-corrected chi connectivity index (χ4v) is 3.50. The van der Waals surface area contributed by atoms with Gasteiger partial charge in [-0.05, 0) is 43.5 Å². The van der Waals surface area contributed by atoms with E-state index < -0.39 is 0 Å². The average molecular weight is 292 g/mol. The zero-order chi connectivity index (χ0) is 14.7. The molecular weight excluding hydrogens is 267 g/mol. The Hall–Kier alpha value is -0.970. The molecular formula is C17H25FN2O. The number of nitrogens with one attached hydrogen (secondary N) is 1. The van der Waals surface area contributed by atoms with Crippen LogP contribution in [0.1, 0.15) is 37.8 Å². The van der Waals surface area contributed by atoms with Gasteiger partial charge in [0.25, 0.3) is 0 Å². The molecule has 1 N–H and O–H groups in total. The van der Waals surface area contributed by atoms with E-state index >= 15 is 0 Å². The molecule has 21 heavy (non-hydrogen) atoms. The summed E-state index contributed by atoms with van der Waals surface area (Å²) in [7, 11) is 0. The first kappa shape index (κ1) is 14.9. The smallest absolute Gasteiger partial charge is 0.123 e. The molecule has 4 heteroatoms. The van der Waals surface area contributed by atoms with Gasteiger partial charge in [0.15, 0.2) is 0 Å². The quantitative estimate of drug-likeness (QED) is 0.903. The van der Waals surface area contributed by atoms with E-state index in [0.29, 0.717) is 6.04 Å². The van der Waals surface area contributed by atoms with Crippen molar-refractivity contribution in [3.8, 4) is 0 Å². The van der Waals surface area contributed by atoms with Crippen molar-refractivity contribution in [3.05, 3.63) is 35.6 Å². The molecule has 0 aliphatic carbocycles. The van der Waals surface area contributed by atoms with Crippen LogP contribution in [0.3, 0.4) is 0 Å². The van der Waals surface area contributed by atoms with Crippen molar-refractivity contribution in [3.63, 3.8) is 0 Å². The highest BCUT2D eigenvalue weighted by molar-refractivity contribution is 5.20. The molecule has 0 spiro atoms. The van der Waals surface area contributed by atoms with Crippen LogP contribution in [0, 0.1) is 5.82 Å². The SMILES string of the molecule is CCC(NCC1CN2CCCC2CO1)c1cccc(F)c1. The standard InChI is InChI=1S/C17H25FN2O/c1-2-17(13-5-3-6-14(18)9-13)19-10-16-11-20-8-4-7-15(20)12-21-16/h3,5-6,9,15-17,19H,2,4,7-8,10-12H2,1H3. The van der Waals surface area contributed by atoms with Crippen molar-refractivity contribution in [1.29, 1.82) is 0 Å². The zero-order valence-electron chi connectivity index (χ0n) is 12.7. The molecule has 0 radical (unpaired) electrons. The second-order valence-electron chi connectivity index (χ2n) is 6.17. The van der Waals surface area contributed by atoms with Crippen molar-refractivity contribution < 1.29 is 9.13 Å². The van der Waals surface area contributed by atoms with E-state index in [9.17, 15) is 4.39 Å². The van der Waals surface area contributed by atoms with E-state index in [-0.39, 0.29) is 18.0 Å². The number of hydrogen-bond acceptors (Lipinski definition) is 3. The van der Waals surface area contributed by atoms with Crippen LogP contribution in [0.15, 0.2) is 24.3 Å². The third-order valence-corrected chi connectivity index (χ3v) is 4.71.